The molecule has 0 aliphatic carbocycles. The van der Waals surface area contributed by atoms with E-state index in [1.807, 2.05) is 0 Å². The van der Waals surface area contributed by atoms with Gasteiger partial charge < -0.3 is 35.8 Å². The molecule has 0 bridgehead atoms. The van der Waals surface area contributed by atoms with E-state index in [1.54, 1.807) is 0 Å². The van der Waals surface area contributed by atoms with Crippen LogP contribution in [0.2, 0.25) is 0 Å². The minimum atomic E-state index is 0. The van der Waals surface area contributed by atoms with Gasteiger partial charge in [-0.2, -0.15) is 0 Å². The fraction of sp³-hybridized carbons (Fsp3) is 0. The van der Waals surface area contributed by atoms with Gasteiger partial charge in [0.2, 0.25) is 0 Å². The summed E-state index contributed by atoms with van der Waals surface area (Å²) in [7, 11) is 0. The molecule has 3 radical (unpaired) electrons. The summed E-state index contributed by atoms with van der Waals surface area (Å²) in [5.41, 5.74) is 0. The average molecular weight is 294 g/mol. The summed E-state index contributed by atoms with van der Waals surface area (Å²) in [6, 6.07) is 0. The van der Waals surface area contributed by atoms with Gasteiger partial charge in [0, 0.05) is 0 Å². The van der Waals surface area contributed by atoms with Crippen LogP contribution in [0.5, 0.6) is 0 Å². The summed E-state index contributed by atoms with van der Waals surface area (Å²) in [6.45, 7) is 0. The Balaban J connectivity index is 0. The fourth-order valence-corrected chi connectivity index (χ4v) is 0. The molecule has 0 aromatic carbocycles. The molecular formula is Cl2Cu3O2. The van der Waals surface area contributed by atoms with Gasteiger partial charge in [-0.05, 0) is 0 Å². The normalized spacial score (nSPS) is 0. The second-order valence-corrected chi connectivity index (χ2v) is 0. The van der Waals surface area contributed by atoms with Crippen LogP contribution >= 0.6 is 0 Å². The third-order valence-electron chi connectivity index (χ3n) is 0. The molecule has 0 heterocycles. The van der Waals surface area contributed by atoms with Gasteiger partial charge in [0.25, 0.3) is 0 Å². The summed E-state index contributed by atoms with van der Waals surface area (Å²) in [5, 5.41) is 0. The molecule has 0 amide bonds. The zero-order chi connectivity index (χ0) is 0. The topological polar surface area (TPSA) is 57.0 Å². The van der Waals surface area contributed by atoms with Gasteiger partial charge in [0.15, 0.2) is 0 Å². The number of hydrogen-bond donors (Lipinski definition) is 0. The smallest absolute Gasteiger partial charge is 2.00 e. The Hall–Kier alpha value is 2.06. The SMILES string of the molecule is [Cl-].[Cl-].[Cu+2].[Cu+2].[Cu+2].[O-2].[O-2]. The zero-order valence-electron chi connectivity index (χ0n) is 2.48. The summed E-state index contributed by atoms with van der Waals surface area (Å²) in [4.78, 5) is 0. The summed E-state index contributed by atoms with van der Waals surface area (Å²) in [5.74, 6) is 0. The molecule has 0 atom stereocenters. The van der Waals surface area contributed by atoms with Gasteiger partial charge in [-0.15, -0.1) is 0 Å². The van der Waals surface area contributed by atoms with Crippen molar-refractivity contribution in [3.05, 3.63) is 0 Å². The molecule has 0 saturated carbocycles. The molecule has 0 rings (SSSR count). The van der Waals surface area contributed by atoms with Gasteiger partial charge in [0.05, 0.1) is 0 Å². The first kappa shape index (κ1) is 139. The van der Waals surface area contributed by atoms with Gasteiger partial charge in [0.1, 0.15) is 0 Å². The first-order chi connectivity index (χ1) is 0. The van der Waals surface area contributed by atoms with E-state index in [4.69, 9.17) is 0 Å². The van der Waals surface area contributed by atoms with Crippen LogP contribution < -0.4 is 24.8 Å². The maximum absolute atomic E-state index is 0. The Labute approximate surface area is 86.4 Å². The largest absolute Gasteiger partial charge is 2.00 e. The van der Waals surface area contributed by atoms with E-state index >= 15 is 0 Å². The second-order valence-electron chi connectivity index (χ2n) is 0. The Kier molecular flexibility index (Phi) is 1880. The van der Waals surface area contributed by atoms with Crippen molar-refractivity contribution in [2.75, 3.05) is 0 Å². The van der Waals surface area contributed by atoms with Crippen LogP contribution in [0.3, 0.4) is 0 Å². The van der Waals surface area contributed by atoms with Crippen molar-refractivity contribution in [3.8, 4) is 0 Å². The van der Waals surface area contributed by atoms with E-state index in [-0.39, 0.29) is 87.0 Å². The minimum absolute atomic E-state index is 0. The van der Waals surface area contributed by atoms with Crippen molar-refractivity contribution in [2.45, 2.75) is 0 Å². The Morgan fingerprint density at radius 1 is 0.429 bits per heavy atom. The maximum atomic E-state index is 0. The number of rotatable bonds is 0. The standard InChI is InChI=1S/2ClH.3Cu.2O/h2*1H;;;;;/q;;3*+2;2*-2/p-2. The second kappa shape index (κ2) is 94.8. The Morgan fingerprint density at radius 2 is 0.429 bits per heavy atom. The fourth-order valence-electron chi connectivity index (χ4n) is 0. The summed E-state index contributed by atoms with van der Waals surface area (Å²) >= 11 is 0. The molecule has 0 aromatic rings. The van der Waals surface area contributed by atoms with Crippen LogP contribution in [0, 0.1) is 0 Å². The molecule has 7 heteroatoms. The molecule has 0 N–H and O–H groups in total. The predicted molar refractivity (Wildman–Crippen MR) is 1.37 cm³/mol. The van der Waals surface area contributed by atoms with Crippen molar-refractivity contribution in [1.29, 1.82) is 0 Å². The first-order valence-electron chi connectivity index (χ1n) is 0. The van der Waals surface area contributed by atoms with Crippen LogP contribution in [0.4, 0.5) is 0 Å². The monoisotopic (exact) mass is 291 g/mol. The van der Waals surface area contributed by atoms with E-state index < -0.39 is 0 Å². The molecule has 0 aromatic heterocycles. The third kappa shape index (κ3) is 69.8. The first-order valence-corrected chi connectivity index (χ1v) is 0. The van der Waals surface area contributed by atoms with Gasteiger partial charge >= 0.3 is 51.2 Å². The van der Waals surface area contributed by atoms with Crippen molar-refractivity contribution in [2.24, 2.45) is 0 Å². The van der Waals surface area contributed by atoms with E-state index in [0.29, 0.717) is 0 Å². The molecular weight excluding hydrogens is 294 g/mol. The molecule has 0 aliphatic rings. The van der Waals surface area contributed by atoms with Crippen LogP contribution in [-0.2, 0) is 62.2 Å². The molecule has 2 nitrogen and oxygen atoms in total. The van der Waals surface area contributed by atoms with Crippen molar-refractivity contribution in [3.63, 3.8) is 0 Å². The zero-order valence-corrected chi connectivity index (χ0v) is 6.81. The van der Waals surface area contributed by atoms with E-state index in [1.165, 1.54) is 0 Å². The molecule has 0 spiro atoms. The number of hydrogen-bond acceptors (Lipinski definition) is 0. The predicted octanol–water partition coefficient (Wildman–Crippen LogP) is -6.24. The summed E-state index contributed by atoms with van der Waals surface area (Å²) < 4.78 is 0. The Morgan fingerprint density at radius 3 is 0.429 bits per heavy atom. The molecule has 59 valence electrons. The molecule has 0 fully saturated rings. The van der Waals surface area contributed by atoms with Crippen LogP contribution in [0.15, 0.2) is 0 Å². The van der Waals surface area contributed by atoms with Crippen molar-refractivity contribution in [1.82, 2.24) is 0 Å². The molecule has 0 unspecified atom stereocenters. The van der Waals surface area contributed by atoms with E-state index in [9.17, 15) is 0 Å². The van der Waals surface area contributed by atoms with Crippen LogP contribution in [-0.4, -0.2) is 0 Å². The summed E-state index contributed by atoms with van der Waals surface area (Å²) in [6.07, 6.45) is 0. The molecule has 7 heavy (non-hydrogen) atoms. The van der Waals surface area contributed by atoms with Crippen LogP contribution in [0.25, 0.3) is 0 Å². The van der Waals surface area contributed by atoms with Crippen LogP contribution in [0.1, 0.15) is 0 Å². The van der Waals surface area contributed by atoms with Gasteiger partial charge in [-0.25, -0.2) is 0 Å². The molecule has 0 aliphatic heterocycles. The quantitative estimate of drug-likeness (QED) is 0.399. The van der Waals surface area contributed by atoms with Crippen molar-refractivity contribution < 1.29 is 87.0 Å². The maximum Gasteiger partial charge on any atom is 2.00 e. The Bertz CT molecular complexity index is 10.9. The van der Waals surface area contributed by atoms with E-state index in [2.05, 4.69) is 0 Å². The average Bonchev–Trinajstić information content (AvgIpc) is 0. The molecule has 0 saturated heterocycles. The van der Waals surface area contributed by atoms with Gasteiger partial charge in [-0.1, -0.05) is 0 Å². The minimum Gasteiger partial charge on any atom is -2.00 e. The van der Waals surface area contributed by atoms with Crippen molar-refractivity contribution >= 4 is 0 Å². The third-order valence-corrected chi connectivity index (χ3v) is 0. The van der Waals surface area contributed by atoms with E-state index in [0.717, 1.165) is 0 Å². The number of halogens is 2. The van der Waals surface area contributed by atoms with Gasteiger partial charge in [-0.3, -0.25) is 0 Å².